The molecule has 1 atom stereocenters. The van der Waals surface area contributed by atoms with Gasteiger partial charge in [0, 0.05) is 25.7 Å². The molecule has 6 N–H and O–H groups in total. The number of anilines is 4. The van der Waals surface area contributed by atoms with Crippen molar-refractivity contribution in [3.8, 4) is 0 Å². The number of carbonyl (C=O) groups is 1. The number of nitrogens with zero attached hydrogens (tertiary/aromatic N) is 3. The summed E-state index contributed by atoms with van der Waals surface area (Å²) in [5.74, 6) is -0.0714. The van der Waals surface area contributed by atoms with Crippen LogP contribution in [0.25, 0.3) is 0 Å². The van der Waals surface area contributed by atoms with Gasteiger partial charge in [0.2, 0.25) is 0 Å². The van der Waals surface area contributed by atoms with E-state index in [0.717, 1.165) is 31.4 Å². The molecule has 2 aromatic rings. The molecule has 1 fully saturated rings. The van der Waals surface area contributed by atoms with Crippen LogP contribution in [0.2, 0.25) is 0 Å². The summed E-state index contributed by atoms with van der Waals surface area (Å²) in [7, 11) is 0. The highest BCUT2D eigenvalue weighted by Gasteiger charge is 2.19. The molecule has 9 nitrogen and oxygen atoms in total. The quantitative estimate of drug-likeness (QED) is 0.475. The molecule has 1 aliphatic heterocycles. The normalized spacial score (nSPS) is 15.1. The molecule has 0 aliphatic carbocycles. The second-order valence-electron chi connectivity index (χ2n) is 7.92. The SMILES string of the molecule is CC(C)CC(CN)Nc1nc(Nc2ccc(N3CCOCC3)nc2)c(C(N)=O)cc1F. The lowest BCUT2D eigenvalue weighted by atomic mass is 10.0. The molecule has 0 saturated carbocycles. The van der Waals surface area contributed by atoms with Crippen LogP contribution in [0.15, 0.2) is 24.4 Å². The van der Waals surface area contributed by atoms with Gasteiger partial charge in [-0.3, -0.25) is 4.79 Å². The van der Waals surface area contributed by atoms with Crippen molar-refractivity contribution in [3.05, 3.63) is 35.8 Å². The summed E-state index contributed by atoms with van der Waals surface area (Å²) >= 11 is 0. The predicted octanol–water partition coefficient (Wildman–Crippen LogP) is 2.08. The number of primary amides is 1. The van der Waals surface area contributed by atoms with Crippen LogP contribution in [0.3, 0.4) is 0 Å². The Morgan fingerprint density at radius 2 is 2.03 bits per heavy atom. The first-order valence-electron chi connectivity index (χ1n) is 10.4. The maximum Gasteiger partial charge on any atom is 0.252 e. The second-order valence-corrected chi connectivity index (χ2v) is 7.92. The molecule has 1 aliphatic rings. The van der Waals surface area contributed by atoms with Crippen LogP contribution in [0.4, 0.5) is 27.5 Å². The Morgan fingerprint density at radius 3 is 2.61 bits per heavy atom. The van der Waals surface area contributed by atoms with Crippen LogP contribution in [0.5, 0.6) is 0 Å². The first kappa shape index (κ1) is 22.7. The van der Waals surface area contributed by atoms with E-state index in [1.165, 1.54) is 0 Å². The van der Waals surface area contributed by atoms with Crippen LogP contribution in [-0.2, 0) is 4.74 Å². The van der Waals surface area contributed by atoms with Gasteiger partial charge in [-0.15, -0.1) is 0 Å². The Kier molecular flexibility index (Phi) is 7.59. The smallest absolute Gasteiger partial charge is 0.252 e. The topological polar surface area (TPSA) is 131 Å². The third-order valence-electron chi connectivity index (χ3n) is 4.97. The minimum Gasteiger partial charge on any atom is -0.378 e. The lowest BCUT2D eigenvalue weighted by Gasteiger charge is -2.27. The van der Waals surface area contributed by atoms with Gasteiger partial charge in [0.1, 0.15) is 11.6 Å². The van der Waals surface area contributed by atoms with Gasteiger partial charge in [-0.1, -0.05) is 13.8 Å². The molecule has 31 heavy (non-hydrogen) atoms. The summed E-state index contributed by atoms with van der Waals surface area (Å²) in [6, 6.07) is 4.62. The van der Waals surface area contributed by atoms with Gasteiger partial charge < -0.3 is 31.7 Å². The van der Waals surface area contributed by atoms with Crippen molar-refractivity contribution in [2.45, 2.75) is 26.3 Å². The molecule has 0 bridgehead atoms. The van der Waals surface area contributed by atoms with E-state index in [4.69, 9.17) is 16.2 Å². The van der Waals surface area contributed by atoms with Gasteiger partial charge in [-0.2, -0.15) is 0 Å². The summed E-state index contributed by atoms with van der Waals surface area (Å²) in [5.41, 5.74) is 11.8. The van der Waals surface area contributed by atoms with E-state index < -0.39 is 11.7 Å². The zero-order valence-corrected chi connectivity index (χ0v) is 17.9. The number of carbonyl (C=O) groups excluding carboxylic acids is 1. The van der Waals surface area contributed by atoms with E-state index in [2.05, 4.69) is 39.3 Å². The van der Waals surface area contributed by atoms with Crippen LogP contribution in [0, 0.1) is 11.7 Å². The highest BCUT2D eigenvalue weighted by molar-refractivity contribution is 5.98. The van der Waals surface area contributed by atoms with Crippen molar-refractivity contribution in [1.82, 2.24) is 9.97 Å². The highest BCUT2D eigenvalue weighted by Crippen LogP contribution is 2.25. The van der Waals surface area contributed by atoms with E-state index in [1.807, 2.05) is 12.1 Å². The van der Waals surface area contributed by atoms with Crippen molar-refractivity contribution < 1.29 is 13.9 Å². The van der Waals surface area contributed by atoms with Gasteiger partial charge in [-0.25, -0.2) is 14.4 Å². The van der Waals surface area contributed by atoms with E-state index in [1.54, 1.807) is 6.20 Å². The fourth-order valence-corrected chi connectivity index (χ4v) is 3.43. The van der Waals surface area contributed by atoms with Crippen LogP contribution < -0.4 is 27.0 Å². The zero-order chi connectivity index (χ0) is 22.4. The zero-order valence-electron chi connectivity index (χ0n) is 17.9. The number of amides is 1. The molecule has 3 heterocycles. The number of rotatable bonds is 9. The Bertz CT molecular complexity index is 886. The second kappa shape index (κ2) is 10.4. The van der Waals surface area contributed by atoms with Crippen molar-refractivity contribution in [2.24, 2.45) is 17.4 Å². The molecule has 3 rings (SSSR count). The Labute approximate surface area is 181 Å². The first-order valence-corrected chi connectivity index (χ1v) is 10.4. The van der Waals surface area contributed by atoms with Crippen LogP contribution in [-0.4, -0.2) is 54.8 Å². The molecule has 1 saturated heterocycles. The molecule has 168 valence electrons. The van der Waals surface area contributed by atoms with E-state index in [9.17, 15) is 9.18 Å². The average Bonchev–Trinajstić information content (AvgIpc) is 2.76. The summed E-state index contributed by atoms with van der Waals surface area (Å²) in [4.78, 5) is 22.7. The molecule has 1 amide bonds. The molecule has 0 radical (unpaired) electrons. The van der Waals surface area contributed by atoms with Gasteiger partial charge >= 0.3 is 0 Å². The van der Waals surface area contributed by atoms with Gasteiger partial charge in [-0.05, 0) is 30.5 Å². The fourth-order valence-electron chi connectivity index (χ4n) is 3.43. The lowest BCUT2D eigenvalue weighted by Crippen LogP contribution is -2.36. The number of nitrogens with one attached hydrogen (secondary N) is 2. The highest BCUT2D eigenvalue weighted by atomic mass is 19.1. The molecular weight excluding hydrogens is 401 g/mol. The molecule has 10 heteroatoms. The summed E-state index contributed by atoms with van der Waals surface area (Å²) in [6.45, 7) is 7.33. The fraction of sp³-hybridized carbons (Fsp3) is 0.476. The van der Waals surface area contributed by atoms with Crippen molar-refractivity contribution in [1.29, 1.82) is 0 Å². The number of halogens is 1. The minimum atomic E-state index is -0.782. The number of morpholine rings is 1. The first-order chi connectivity index (χ1) is 14.9. The summed E-state index contributed by atoms with van der Waals surface area (Å²) in [6.07, 6.45) is 2.39. The molecule has 0 spiro atoms. The van der Waals surface area contributed by atoms with Gasteiger partial charge in [0.25, 0.3) is 5.91 Å². The number of ether oxygens (including phenoxy) is 1. The third-order valence-corrected chi connectivity index (χ3v) is 4.97. The molecule has 2 aromatic heterocycles. The van der Waals surface area contributed by atoms with Crippen molar-refractivity contribution in [3.63, 3.8) is 0 Å². The largest absolute Gasteiger partial charge is 0.378 e. The maximum absolute atomic E-state index is 14.6. The average molecular weight is 432 g/mol. The van der Waals surface area contributed by atoms with Crippen molar-refractivity contribution >= 4 is 29.0 Å². The summed E-state index contributed by atoms with van der Waals surface area (Å²) in [5, 5.41) is 6.06. The molecule has 0 aromatic carbocycles. The summed E-state index contributed by atoms with van der Waals surface area (Å²) < 4.78 is 20.0. The Balaban J connectivity index is 1.82. The maximum atomic E-state index is 14.6. The Hall–Kier alpha value is -2.98. The number of pyridine rings is 2. The number of hydrogen-bond acceptors (Lipinski definition) is 8. The molecule has 1 unspecified atom stereocenters. The monoisotopic (exact) mass is 431 g/mol. The number of aromatic nitrogens is 2. The van der Waals surface area contributed by atoms with E-state index in [0.29, 0.717) is 31.4 Å². The Morgan fingerprint density at radius 1 is 1.29 bits per heavy atom. The van der Waals surface area contributed by atoms with E-state index >= 15 is 0 Å². The predicted molar refractivity (Wildman–Crippen MR) is 119 cm³/mol. The number of nitrogens with two attached hydrogens (primary N) is 2. The molecular formula is C21H30FN7O2. The van der Waals surface area contributed by atoms with Crippen LogP contribution in [0.1, 0.15) is 30.6 Å². The van der Waals surface area contributed by atoms with Gasteiger partial charge in [0.05, 0.1) is 30.7 Å². The lowest BCUT2D eigenvalue weighted by molar-refractivity contribution is 0.100. The van der Waals surface area contributed by atoms with Crippen molar-refractivity contribution in [2.75, 3.05) is 48.4 Å². The van der Waals surface area contributed by atoms with Gasteiger partial charge in [0.15, 0.2) is 11.6 Å². The number of hydrogen-bond donors (Lipinski definition) is 4. The van der Waals surface area contributed by atoms with Crippen LogP contribution >= 0.6 is 0 Å². The standard InChI is InChI=1S/C21H30FN7O2/c1-13(2)9-15(11-23)27-21-17(22)10-16(19(24)30)20(28-21)26-14-3-4-18(25-12-14)29-5-7-31-8-6-29/h3-4,10,12-13,15H,5-9,11,23H2,1-2H3,(H2,24,30)(H2,26,27,28). The van der Waals surface area contributed by atoms with E-state index in [-0.39, 0.29) is 23.2 Å². The third kappa shape index (κ3) is 6.02. The minimum absolute atomic E-state index is 0.0153.